The van der Waals surface area contributed by atoms with Gasteiger partial charge in [-0.25, -0.2) is 4.99 Å². The number of hydrogen-bond donors (Lipinski definition) is 3. The van der Waals surface area contributed by atoms with E-state index < -0.39 is 6.04 Å². The van der Waals surface area contributed by atoms with Crippen molar-refractivity contribution in [2.24, 2.45) is 25.7 Å². The minimum atomic E-state index is -0.398. The molecule has 1 unspecified atom stereocenters. The van der Waals surface area contributed by atoms with E-state index in [0.717, 1.165) is 0 Å². The van der Waals surface area contributed by atoms with Crippen molar-refractivity contribution in [3.8, 4) is 0 Å². The number of fused-ring (bicyclic) bond motifs is 1. The van der Waals surface area contributed by atoms with Crippen molar-refractivity contribution in [3.63, 3.8) is 0 Å². The molecule has 14 heavy (non-hydrogen) atoms. The van der Waals surface area contributed by atoms with E-state index in [1.165, 1.54) is 6.21 Å². The predicted octanol–water partition coefficient (Wildman–Crippen LogP) is -1.42. The molecular formula is C7H8N6O. The van der Waals surface area contributed by atoms with Gasteiger partial charge in [0.1, 0.15) is 11.8 Å². The number of aliphatic imine (C=N–C) groups is 4. The largest absolute Gasteiger partial charge is 0.394 e. The van der Waals surface area contributed by atoms with E-state index in [2.05, 4.69) is 20.0 Å². The Morgan fingerprint density at radius 3 is 3.00 bits per heavy atom. The lowest BCUT2D eigenvalue weighted by atomic mass is 10.2. The van der Waals surface area contributed by atoms with Gasteiger partial charge in [-0.15, -0.1) is 0 Å². The number of nitrogens with zero attached hydrogens (tertiary/aromatic N) is 4. The molecule has 0 aliphatic carbocycles. The highest BCUT2D eigenvalue weighted by Gasteiger charge is 2.23. The normalized spacial score (nSPS) is 25.1. The molecule has 0 saturated carbocycles. The fourth-order valence-electron chi connectivity index (χ4n) is 1.12. The van der Waals surface area contributed by atoms with Gasteiger partial charge in [-0.3, -0.25) is 10.4 Å². The molecule has 0 radical (unpaired) electrons. The quantitative estimate of drug-likeness (QED) is 0.472. The number of amidine groups is 2. The lowest BCUT2D eigenvalue weighted by Crippen LogP contribution is -2.38. The minimum Gasteiger partial charge on any atom is -0.394 e. The van der Waals surface area contributed by atoms with Gasteiger partial charge in [-0.1, -0.05) is 0 Å². The van der Waals surface area contributed by atoms with Crippen LogP contribution in [0, 0.1) is 5.41 Å². The maximum atomic E-state index is 8.86. The van der Waals surface area contributed by atoms with E-state index in [9.17, 15) is 0 Å². The van der Waals surface area contributed by atoms with Crippen molar-refractivity contribution in [1.82, 2.24) is 0 Å². The number of nitrogens with two attached hydrogens (primary N) is 1. The maximum Gasteiger partial charge on any atom is 0.245 e. The number of aliphatic hydroxyl groups excluding tert-OH is 1. The molecule has 1 atom stereocenters. The Balaban J connectivity index is 2.40. The topological polar surface area (TPSA) is 120 Å². The minimum absolute atomic E-state index is 0.121. The van der Waals surface area contributed by atoms with Crippen LogP contribution in [-0.2, 0) is 0 Å². The molecule has 72 valence electrons. The average Bonchev–Trinajstić information content (AvgIpc) is 2.17. The summed E-state index contributed by atoms with van der Waals surface area (Å²) >= 11 is 0. The molecule has 0 amide bonds. The summed E-state index contributed by atoms with van der Waals surface area (Å²) in [7, 11) is 0. The molecule has 2 heterocycles. The first kappa shape index (κ1) is 8.70. The fraction of sp³-hybridized carbons (Fsp3) is 0.286. The van der Waals surface area contributed by atoms with Crippen LogP contribution in [0.2, 0.25) is 0 Å². The number of guanidine groups is 1. The number of nitrogens with one attached hydrogen (secondary N) is 1. The van der Waals surface area contributed by atoms with E-state index in [4.69, 9.17) is 16.2 Å². The second kappa shape index (κ2) is 3.11. The van der Waals surface area contributed by atoms with Crippen LogP contribution in [0.1, 0.15) is 0 Å². The Hall–Kier alpha value is -1.89. The second-order valence-corrected chi connectivity index (χ2v) is 2.76. The molecular weight excluding hydrogens is 184 g/mol. The van der Waals surface area contributed by atoms with Gasteiger partial charge in [0, 0.05) is 6.21 Å². The molecule has 0 bridgehead atoms. The van der Waals surface area contributed by atoms with Gasteiger partial charge in [-0.2, -0.15) is 9.98 Å². The number of aliphatic hydroxyl groups is 1. The molecule has 0 spiro atoms. The Morgan fingerprint density at radius 2 is 2.29 bits per heavy atom. The first-order chi connectivity index (χ1) is 6.70. The highest BCUT2D eigenvalue weighted by molar-refractivity contribution is 6.70. The van der Waals surface area contributed by atoms with Gasteiger partial charge in [0.2, 0.25) is 5.96 Å². The van der Waals surface area contributed by atoms with Crippen molar-refractivity contribution in [1.29, 1.82) is 5.41 Å². The summed E-state index contributed by atoms with van der Waals surface area (Å²) in [5, 5.41) is 16.1. The molecule has 0 fully saturated rings. The Bertz CT molecular complexity index is 404. The lowest BCUT2D eigenvalue weighted by molar-refractivity contribution is 0.292. The highest BCUT2D eigenvalue weighted by atomic mass is 16.3. The van der Waals surface area contributed by atoms with Crippen molar-refractivity contribution < 1.29 is 5.11 Å². The van der Waals surface area contributed by atoms with Gasteiger partial charge in [0.25, 0.3) is 0 Å². The van der Waals surface area contributed by atoms with E-state index >= 15 is 0 Å². The third-order valence-electron chi connectivity index (χ3n) is 1.74. The average molecular weight is 192 g/mol. The van der Waals surface area contributed by atoms with Crippen LogP contribution in [0.3, 0.4) is 0 Å². The van der Waals surface area contributed by atoms with Crippen LogP contribution >= 0.6 is 0 Å². The summed E-state index contributed by atoms with van der Waals surface area (Å²) in [4.78, 5) is 15.4. The van der Waals surface area contributed by atoms with Gasteiger partial charge < -0.3 is 10.8 Å². The Labute approximate surface area is 79.3 Å². The van der Waals surface area contributed by atoms with Crippen molar-refractivity contribution in [2.45, 2.75) is 6.04 Å². The van der Waals surface area contributed by atoms with Crippen LogP contribution in [0.25, 0.3) is 0 Å². The summed E-state index contributed by atoms with van der Waals surface area (Å²) < 4.78 is 0. The summed E-state index contributed by atoms with van der Waals surface area (Å²) in [5.74, 6) is 0.221. The van der Waals surface area contributed by atoms with Crippen molar-refractivity contribution in [3.05, 3.63) is 0 Å². The molecule has 7 heteroatoms. The predicted molar refractivity (Wildman–Crippen MR) is 53.6 cm³/mol. The van der Waals surface area contributed by atoms with E-state index in [0.29, 0.717) is 5.71 Å². The lowest BCUT2D eigenvalue weighted by Gasteiger charge is -2.16. The van der Waals surface area contributed by atoms with Crippen molar-refractivity contribution in [2.75, 3.05) is 6.61 Å². The standard InChI is InChI=1S/C7H8N6O/c8-5-4-6(13-7(9)12-5)10-1-3(2-14)11-4/h1,3,14H,2H2,(H3,8,9,12). The summed E-state index contributed by atoms with van der Waals surface area (Å²) in [5.41, 5.74) is 5.89. The molecule has 0 saturated heterocycles. The number of rotatable bonds is 1. The SMILES string of the molecule is N=C1N=C(N)C2=NC(CO)C=NC2=N1. The molecule has 0 aromatic heterocycles. The smallest absolute Gasteiger partial charge is 0.245 e. The molecule has 2 rings (SSSR count). The molecule has 4 N–H and O–H groups in total. The van der Waals surface area contributed by atoms with Gasteiger partial charge in [0.15, 0.2) is 11.7 Å². The fourth-order valence-corrected chi connectivity index (χ4v) is 1.12. The Morgan fingerprint density at radius 1 is 1.50 bits per heavy atom. The summed E-state index contributed by atoms with van der Waals surface area (Å²) in [6, 6.07) is -0.398. The highest BCUT2D eigenvalue weighted by Crippen LogP contribution is 2.05. The first-order valence-electron chi connectivity index (χ1n) is 3.95. The van der Waals surface area contributed by atoms with Crippen LogP contribution in [0.5, 0.6) is 0 Å². The van der Waals surface area contributed by atoms with E-state index in [1.807, 2.05) is 0 Å². The first-order valence-corrected chi connectivity index (χ1v) is 3.95. The van der Waals surface area contributed by atoms with Gasteiger partial charge in [-0.05, 0) is 0 Å². The molecule has 2 aliphatic heterocycles. The molecule has 7 nitrogen and oxygen atoms in total. The van der Waals surface area contributed by atoms with Crippen LogP contribution in [0.15, 0.2) is 20.0 Å². The van der Waals surface area contributed by atoms with Gasteiger partial charge >= 0.3 is 0 Å². The monoisotopic (exact) mass is 192 g/mol. The number of hydrogen-bond acceptors (Lipinski definition) is 5. The zero-order chi connectivity index (χ0) is 10.1. The molecule has 0 aromatic rings. The third-order valence-corrected chi connectivity index (χ3v) is 1.74. The summed E-state index contributed by atoms with van der Waals surface area (Å²) in [6.45, 7) is -0.134. The molecule has 0 aromatic carbocycles. The van der Waals surface area contributed by atoms with Crippen LogP contribution in [-0.4, -0.2) is 47.3 Å². The zero-order valence-corrected chi connectivity index (χ0v) is 7.18. The van der Waals surface area contributed by atoms with Crippen LogP contribution in [0.4, 0.5) is 0 Å². The van der Waals surface area contributed by atoms with Gasteiger partial charge in [0.05, 0.1) is 6.61 Å². The van der Waals surface area contributed by atoms with Crippen molar-refractivity contribution >= 4 is 29.6 Å². The third kappa shape index (κ3) is 1.33. The maximum absolute atomic E-state index is 8.86. The zero-order valence-electron chi connectivity index (χ0n) is 7.18. The second-order valence-electron chi connectivity index (χ2n) is 2.76. The van der Waals surface area contributed by atoms with E-state index in [-0.39, 0.29) is 24.2 Å². The van der Waals surface area contributed by atoms with E-state index in [1.54, 1.807) is 0 Å². The summed E-state index contributed by atoms with van der Waals surface area (Å²) in [6.07, 6.45) is 1.47. The van der Waals surface area contributed by atoms with Crippen LogP contribution < -0.4 is 5.73 Å². The molecule has 2 aliphatic rings. The Kier molecular flexibility index (Phi) is 1.93.